The fourth-order valence-electron chi connectivity index (χ4n) is 1.85. The molecule has 6 nitrogen and oxygen atoms in total. The van der Waals surface area contributed by atoms with Gasteiger partial charge in [-0.2, -0.15) is 5.10 Å². The average Bonchev–Trinajstić information content (AvgIpc) is 2.85. The Balaban J connectivity index is 1.76. The summed E-state index contributed by atoms with van der Waals surface area (Å²) in [7, 11) is 1.88. The minimum atomic E-state index is -0.215. The summed E-state index contributed by atoms with van der Waals surface area (Å²) in [6.45, 7) is 1.06. The Labute approximate surface area is 118 Å². The van der Waals surface area contributed by atoms with Crippen molar-refractivity contribution in [3.05, 3.63) is 47.8 Å². The molecule has 0 radical (unpaired) electrons. The molecule has 4 N–H and O–H groups in total. The molecule has 0 spiro atoms. The fourth-order valence-corrected chi connectivity index (χ4v) is 1.85. The first-order chi connectivity index (χ1) is 9.69. The molecule has 1 aromatic heterocycles. The van der Waals surface area contributed by atoms with Gasteiger partial charge in [0.1, 0.15) is 0 Å². The van der Waals surface area contributed by atoms with Crippen LogP contribution in [0.2, 0.25) is 0 Å². The highest BCUT2D eigenvalue weighted by atomic mass is 16.2. The standard InChI is InChI=1S/C14H19N5O/c1-19-13(7-9-17-19)6-8-16-14(20)18-12-4-2-11(10-15)3-5-12/h2-5,7,9H,6,8,10,15H2,1H3,(H2,16,18,20). The van der Waals surface area contributed by atoms with Crippen LogP contribution in [0.1, 0.15) is 11.3 Å². The highest BCUT2D eigenvalue weighted by Gasteiger charge is 2.03. The quantitative estimate of drug-likeness (QED) is 0.766. The number of anilines is 1. The third kappa shape index (κ3) is 3.83. The van der Waals surface area contributed by atoms with Crippen LogP contribution in [0.25, 0.3) is 0 Å². The van der Waals surface area contributed by atoms with Crippen molar-refractivity contribution < 1.29 is 4.79 Å². The van der Waals surface area contributed by atoms with Gasteiger partial charge in [-0.15, -0.1) is 0 Å². The minimum Gasteiger partial charge on any atom is -0.337 e. The van der Waals surface area contributed by atoms with Crippen molar-refractivity contribution in [2.24, 2.45) is 12.8 Å². The number of aryl methyl sites for hydroxylation is 1. The number of benzene rings is 1. The van der Waals surface area contributed by atoms with E-state index in [2.05, 4.69) is 15.7 Å². The summed E-state index contributed by atoms with van der Waals surface area (Å²) in [6, 6.07) is 9.18. The second-order valence-corrected chi connectivity index (χ2v) is 4.48. The molecule has 20 heavy (non-hydrogen) atoms. The zero-order chi connectivity index (χ0) is 14.4. The Bertz CT molecular complexity index is 561. The van der Waals surface area contributed by atoms with Gasteiger partial charge in [0.05, 0.1) is 0 Å². The van der Waals surface area contributed by atoms with Crippen LogP contribution in [0, 0.1) is 0 Å². The molecule has 0 saturated carbocycles. The number of amides is 2. The Kier molecular flexibility index (Phi) is 4.73. The molecule has 0 bridgehead atoms. The van der Waals surface area contributed by atoms with Crippen molar-refractivity contribution in [2.75, 3.05) is 11.9 Å². The number of carbonyl (C=O) groups is 1. The van der Waals surface area contributed by atoms with Gasteiger partial charge in [0.25, 0.3) is 0 Å². The van der Waals surface area contributed by atoms with Gasteiger partial charge in [-0.3, -0.25) is 4.68 Å². The Hall–Kier alpha value is -2.34. The van der Waals surface area contributed by atoms with E-state index in [-0.39, 0.29) is 6.03 Å². The smallest absolute Gasteiger partial charge is 0.319 e. The lowest BCUT2D eigenvalue weighted by Crippen LogP contribution is -2.30. The molecule has 0 aliphatic heterocycles. The highest BCUT2D eigenvalue weighted by Crippen LogP contribution is 2.08. The molecule has 0 fully saturated rings. The van der Waals surface area contributed by atoms with Crippen LogP contribution in [-0.4, -0.2) is 22.4 Å². The van der Waals surface area contributed by atoms with E-state index in [1.54, 1.807) is 10.9 Å². The molecule has 0 aliphatic rings. The van der Waals surface area contributed by atoms with E-state index in [9.17, 15) is 4.79 Å². The maximum absolute atomic E-state index is 11.7. The van der Waals surface area contributed by atoms with Crippen LogP contribution >= 0.6 is 0 Å². The Morgan fingerprint density at radius 2 is 2.05 bits per heavy atom. The SMILES string of the molecule is Cn1nccc1CCNC(=O)Nc1ccc(CN)cc1. The van der Waals surface area contributed by atoms with Crippen molar-refractivity contribution >= 4 is 11.7 Å². The molecule has 2 amide bonds. The van der Waals surface area contributed by atoms with Crippen molar-refractivity contribution in [2.45, 2.75) is 13.0 Å². The van der Waals surface area contributed by atoms with Crippen LogP contribution in [-0.2, 0) is 20.0 Å². The first kappa shape index (κ1) is 14.1. The van der Waals surface area contributed by atoms with Gasteiger partial charge in [-0.25, -0.2) is 4.79 Å². The maximum atomic E-state index is 11.7. The first-order valence-corrected chi connectivity index (χ1v) is 6.50. The predicted molar refractivity (Wildman–Crippen MR) is 78.3 cm³/mol. The zero-order valence-electron chi connectivity index (χ0n) is 11.5. The van der Waals surface area contributed by atoms with E-state index >= 15 is 0 Å². The molecule has 0 unspecified atom stereocenters. The lowest BCUT2D eigenvalue weighted by Gasteiger charge is -2.08. The van der Waals surface area contributed by atoms with Gasteiger partial charge < -0.3 is 16.4 Å². The van der Waals surface area contributed by atoms with E-state index < -0.39 is 0 Å². The van der Waals surface area contributed by atoms with Crippen LogP contribution in [0.5, 0.6) is 0 Å². The number of nitrogens with two attached hydrogens (primary N) is 1. The second-order valence-electron chi connectivity index (χ2n) is 4.48. The van der Waals surface area contributed by atoms with E-state index in [0.29, 0.717) is 13.1 Å². The van der Waals surface area contributed by atoms with Gasteiger partial charge in [-0.05, 0) is 23.8 Å². The molecule has 0 aliphatic carbocycles. The molecule has 1 aromatic carbocycles. The molecule has 6 heteroatoms. The Morgan fingerprint density at radius 1 is 1.30 bits per heavy atom. The average molecular weight is 273 g/mol. The van der Waals surface area contributed by atoms with E-state index in [1.807, 2.05) is 37.4 Å². The molecular weight excluding hydrogens is 254 g/mol. The summed E-state index contributed by atoms with van der Waals surface area (Å²) in [5, 5.41) is 9.66. The summed E-state index contributed by atoms with van der Waals surface area (Å²) in [5.41, 5.74) is 8.38. The number of carbonyl (C=O) groups excluding carboxylic acids is 1. The molecular formula is C14H19N5O. The lowest BCUT2D eigenvalue weighted by atomic mass is 10.2. The lowest BCUT2D eigenvalue weighted by molar-refractivity contribution is 0.252. The normalized spacial score (nSPS) is 10.3. The number of nitrogens with one attached hydrogen (secondary N) is 2. The third-order valence-electron chi connectivity index (χ3n) is 3.04. The van der Waals surface area contributed by atoms with Crippen molar-refractivity contribution in [3.63, 3.8) is 0 Å². The van der Waals surface area contributed by atoms with Crippen molar-refractivity contribution in [1.29, 1.82) is 0 Å². The Morgan fingerprint density at radius 3 is 2.65 bits per heavy atom. The summed E-state index contributed by atoms with van der Waals surface area (Å²) >= 11 is 0. The van der Waals surface area contributed by atoms with E-state index in [4.69, 9.17) is 5.73 Å². The maximum Gasteiger partial charge on any atom is 0.319 e. The molecule has 2 rings (SSSR count). The van der Waals surface area contributed by atoms with Crippen LogP contribution in [0.4, 0.5) is 10.5 Å². The molecule has 1 heterocycles. The first-order valence-electron chi connectivity index (χ1n) is 6.50. The number of urea groups is 1. The number of aromatic nitrogens is 2. The second kappa shape index (κ2) is 6.72. The monoisotopic (exact) mass is 273 g/mol. The number of nitrogens with zero attached hydrogens (tertiary/aromatic N) is 2. The predicted octanol–water partition coefficient (Wildman–Crippen LogP) is 1.24. The molecule has 0 atom stereocenters. The zero-order valence-corrected chi connectivity index (χ0v) is 11.5. The van der Waals surface area contributed by atoms with Gasteiger partial charge in [0.2, 0.25) is 0 Å². The van der Waals surface area contributed by atoms with Crippen LogP contribution in [0.15, 0.2) is 36.5 Å². The largest absolute Gasteiger partial charge is 0.337 e. The summed E-state index contributed by atoms with van der Waals surface area (Å²) in [6.07, 6.45) is 2.49. The van der Waals surface area contributed by atoms with Crippen molar-refractivity contribution in [1.82, 2.24) is 15.1 Å². The van der Waals surface area contributed by atoms with Gasteiger partial charge in [-0.1, -0.05) is 12.1 Å². The minimum absolute atomic E-state index is 0.215. The number of rotatable bonds is 5. The fraction of sp³-hybridized carbons (Fsp3) is 0.286. The van der Waals surface area contributed by atoms with Crippen LogP contribution < -0.4 is 16.4 Å². The van der Waals surface area contributed by atoms with Gasteiger partial charge >= 0.3 is 6.03 Å². The van der Waals surface area contributed by atoms with E-state index in [0.717, 1.165) is 23.4 Å². The molecule has 2 aromatic rings. The van der Waals surface area contributed by atoms with Crippen LogP contribution in [0.3, 0.4) is 0 Å². The summed E-state index contributed by atoms with van der Waals surface area (Å²) in [4.78, 5) is 11.7. The summed E-state index contributed by atoms with van der Waals surface area (Å²) in [5.74, 6) is 0. The van der Waals surface area contributed by atoms with Gasteiger partial charge in [0, 0.05) is 44.1 Å². The molecule has 106 valence electrons. The topological polar surface area (TPSA) is 85.0 Å². The summed E-state index contributed by atoms with van der Waals surface area (Å²) < 4.78 is 1.80. The van der Waals surface area contributed by atoms with Gasteiger partial charge in [0.15, 0.2) is 0 Å². The van der Waals surface area contributed by atoms with Crippen molar-refractivity contribution in [3.8, 4) is 0 Å². The number of hydrogen-bond donors (Lipinski definition) is 3. The highest BCUT2D eigenvalue weighted by molar-refractivity contribution is 5.89. The number of hydrogen-bond acceptors (Lipinski definition) is 3. The van der Waals surface area contributed by atoms with E-state index in [1.165, 1.54) is 0 Å². The third-order valence-corrected chi connectivity index (χ3v) is 3.04. The molecule has 0 saturated heterocycles.